The van der Waals surface area contributed by atoms with E-state index in [0.29, 0.717) is 0 Å². The molecule has 0 heterocycles. The number of fused-ring (bicyclic) bond motifs is 9. The van der Waals surface area contributed by atoms with Crippen LogP contribution in [0.25, 0.3) is 11.1 Å². The molecule has 0 amide bonds. The molecule has 0 radical (unpaired) electrons. The fourth-order valence-corrected chi connectivity index (χ4v) is 6.07. The Morgan fingerprint density at radius 3 is 1.75 bits per heavy atom. The average Bonchev–Trinajstić information content (AvgIpc) is 2.95. The van der Waals surface area contributed by atoms with E-state index in [1.54, 1.807) is 0 Å². The van der Waals surface area contributed by atoms with Gasteiger partial charge in [-0.3, -0.25) is 0 Å². The van der Waals surface area contributed by atoms with Gasteiger partial charge in [-0.25, -0.2) is 0 Å². The Labute approximate surface area is 174 Å². The molecule has 1 spiro atoms. The van der Waals surface area contributed by atoms with E-state index >= 15 is 0 Å². The van der Waals surface area contributed by atoms with Crippen molar-refractivity contribution in [3.8, 4) is 11.1 Å². The first-order valence-electron chi connectivity index (χ1n) is 9.87. The van der Waals surface area contributed by atoms with Gasteiger partial charge in [-0.2, -0.15) is 0 Å². The first kappa shape index (κ1) is 16.3. The van der Waals surface area contributed by atoms with E-state index in [9.17, 15) is 0 Å². The van der Waals surface area contributed by atoms with Gasteiger partial charge in [0.05, 0.1) is 5.41 Å². The van der Waals surface area contributed by atoms with Crippen molar-refractivity contribution >= 4 is 15.9 Å². The molecule has 0 fully saturated rings. The van der Waals surface area contributed by atoms with Crippen LogP contribution in [0.15, 0.2) is 95.5 Å². The lowest BCUT2D eigenvalue weighted by Gasteiger charge is -2.35. The molecule has 28 heavy (non-hydrogen) atoms. The molecule has 0 N–H and O–H groups in total. The average molecular weight is 423 g/mol. The van der Waals surface area contributed by atoms with Gasteiger partial charge in [0.15, 0.2) is 0 Å². The van der Waals surface area contributed by atoms with Crippen LogP contribution in [0.4, 0.5) is 0 Å². The lowest BCUT2D eigenvalue weighted by atomic mass is 9.66. The minimum absolute atomic E-state index is 0.251. The lowest BCUT2D eigenvalue weighted by molar-refractivity contribution is 0.762. The Bertz CT molecular complexity index is 1190. The van der Waals surface area contributed by atoms with Crippen molar-refractivity contribution in [2.24, 2.45) is 0 Å². The summed E-state index contributed by atoms with van der Waals surface area (Å²) in [5, 5.41) is 0. The van der Waals surface area contributed by atoms with Crippen LogP contribution in [0.5, 0.6) is 0 Å². The van der Waals surface area contributed by atoms with E-state index in [1.807, 2.05) is 0 Å². The number of benzene rings is 4. The van der Waals surface area contributed by atoms with E-state index in [0.717, 1.165) is 12.8 Å². The standard InChI is InChI=1S/C27H19Br/c28-25-15-7-14-24-26(25)20-10-3-6-13-23(20)27(24)21-11-4-1-8-18(21)16-17-19-9-2-5-12-22(19)27/h1-15H,16-17H2. The molecular formula is C27H19Br. The molecule has 2 aliphatic carbocycles. The fraction of sp³-hybridized carbons (Fsp3) is 0.111. The molecule has 4 aromatic rings. The maximum absolute atomic E-state index is 3.87. The summed E-state index contributed by atoms with van der Waals surface area (Å²) >= 11 is 3.87. The summed E-state index contributed by atoms with van der Waals surface area (Å²) in [5.41, 5.74) is 11.0. The molecule has 0 atom stereocenters. The highest BCUT2D eigenvalue weighted by molar-refractivity contribution is 9.10. The van der Waals surface area contributed by atoms with Crippen molar-refractivity contribution in [1.29, 1.82) is 0 Å². The highest BCUT2D eigenvalue weighted by Crippen LogP contribution is 2.59. The molecule has 6 rings (SSSR count). The molecule has 0 nitrogen and oxygen atoms in total. The molecule has 4 aromatic carbocycles. The monoisotopic (exact) mass is 422 g/mol. The van der Waals surface area contributed by atoms with E-state index in [2.05, 4.69) is 107 Å². The van der Waals surface area contributed by atoms with Crippen LogP contribution in [-0.4, -0.2) is 0 Å². The summed E-state index contributed by atoms with van der Waals surface area (Å²) in [6.07, 6.45) is 2.17. The van der Waals surface area contributed by atoms with E-state index in [1.165, 1.54) is 49.0 Å². The molecule has 0 aliphatic heterocycles. The zero-order valence-electron chi connectivity index (χ0n) is 15.5. The van der Waals surface area contributed by atoms with Crippen molar-refractivity contribution in [3.05, 3.63) is 129 Å². The van der Waals surface area contributed by atoms with Crippen molar-refractivity contribution in [2.75, 3.05) is 0 Å². The van der Waals surface area contributed by atoms with Crippen LogP contribution in [0.1, 0.15) is 33.4 Å². The molecule has 1 heteroatoms. The Morgan fingerprint density at radius 1 is 0.536 bits per heavy atom. The predicted octanol–water partition coefficient (Wildman–Crippen LogP) is 6.91. The predicted molar refractivity (Wildman–Crippen MR) is 119 cm³/mol. The summed E-state index contributed by atoms with van der Waals surface area (Å²) in [7, 11) is 0. The zero-order valence-corrected chi connectivity index (χ0v) is 17.0. The Balaban J connectivity index is 1.88. The number of rotatable bonds is 0. The zero-order chi connectivity index (χ0) is 18.7. The Kier molecular flexibility index (Phi) is 3.46. The maximum atomic E-state index is 3.87. The number of aryl methyl sites for hydroxylation is 2. The van der Waals surface area contributed by atoms with Crippen LogP contribution in [0.2, 0.25) is 0 Å². The van der Waals surface area contributed by atoms with Crippen LogP contribution < -0.4 is 0 Å². The van der Waals surface area contributed by atoms with Gasteiger partial charge < -0.3 is 0 Å². The molecule has 134 valence electrons. The van der Waals surface area contributed by atoms with Crippen LogP contribution in [0.3, 0.4) is 0 Å². The molecule has 0 bridgehead atoms. The van der Waals surface area contributed by atoms with Gasteiger partial charge in [0.2, 0.25) is 0 Å². The second-order valence-corrected chi connectivity index (χ2v) is 8.63. The third kappa shape index (κ3) is 1.95. The molecule has 0 saturated carbocycles. The topological polar surface area (TPSA) is 0 Å². The highest BCUT2D eigenvalue weighted by Gasteiger charge is 2.49. The minimum Gasteiger partial charge on any atom is -0.0620 e. The fourth-order valence-electron chi connectivity index (χ4n) is 5.49. The number of halogens is 1. The largest absolute Gasteiger partial charge is 0.0719 e. The lowest BCUT2D eigenvalue weighted by Crippen LogP contribution is -2.29. The third-order valence-corrected chi connectivity index (χ3v) is 7.19. The summed E-state index contributed by atoms with van der Waals surface area (Å²) < 4.78 is 1.17. The smallest absolute Gasteiger partial charge is 0.0620 e. The summed E-state index contributed by atoms with van der Waals surface area (Å²) in [5.74, 6) is 0. The van der Waals surface area contributed by atoms with E-state index < -0.39 is 0 Å². The van der Waals surface area contributed by atoms with E-state index in [-0.39, 0.29) is 5.41 Å². The van der Waals surface area contributed by atoms with Crippen LogP contribution in [-0.2, 0) is 18.3 Å². The minimum atomic E-state index is -0.251. The van der Waals surface area contributed by atoms with Gasteiger partial charge in [-0.05, 0) is 57.9 Å². The second kappa shape index (κ2) is 5.93. The first-order chi connectivity index (χ1) is 13.8. The summed E-state index contributed by atoms with van der Waals surface area (Å²) in [6, 6.07) is 33.8. The molecular weight excluding hydrogens is 404 g/mol. The molecule has 0 aromatic heterocycles. The molecule has 2 aliphatic rings. The SMILES string of the molecule is Brc1cccc2c1-c1ccccc1C21c2ccccc2CCc2ccccc21. The van der Waals surface area contributed by atoms with Gasteiger partial charge in [-0.1, -0.05) is 101 Å². The van der Waals surface area contributed by atoms with Gasteiger partial charge >= 0.3 is 0 Å². The van der Waals surface area contributed by atoms with Gasteiger partial charge in [0.25, 0.3) is 0 Å². The first-order valence-corrected chi connectivity index (χ1v) is 10.7. The summed E-state index contributed by atoms with van der Waals surface area (Å²) in [4.78, 5) is 0. The highest BCUT2D eigenvalue weighted by atomic mass is 79.9. The number of hydrogen-bond acceptors (Lipinski definition) is 0. The van der Waals surface area contributed by atoms with Crippen LogP contribution in [0, 0.1) is 0 Å². The van der Waals surface area contributed by atoms with Crippen molar-refractivity contribution in [2.45, 2.75) is 18.3 Å². The van der Waals surface area contributed by atoms with Gasteiger partial charge in [0, 0.05) is 10.0 Å². The Morgan fingerprint density at radius 2 is 1.07 bits per heavy atom. The van der Waals surface area contributed by atoms with Crippen molar-refractivity contribution < 1.29 is 0 Å². The normalized spacial score (nSPS) is 15.3. The van der Waals surface area contributed by atoms with Crippen molar-refractivity contribution in [1.82, 2.24) is 0 Å². The van der Waals surface area contributed by atoms with E-state index in [4.69, 9.17) is 0 Å². The number of hydrogen-bond donors (Lipinski definition) is 0. The van der Waals surface area contributed by atoms with Gasteiger partial charge in [-0.15, -0.1) is 0 Å². The molecule has 0 saturated heterocycles. The van der Waals surface area contributed by atoms with Crippen LogP contribution >= 0.6 is 15.9 Å². The quantitative estimate of drug-likeness (QED) is 0.254. The second-order valence-electron chi connectivity index (χ2n) is 7.77. The van der Waals surface area contributed by atoms with Crippen molar-refractivity contribution in [3.63, 3.8) is 0 Å². The third-order valence-electron chi connectivity index (χ3n) is 6.52. The van der Waals surface area contributed by atoms with Gasteiger partial charge in [0.1, 0.15) is 0 Å². The maximum Gasteiger partial charge on any atom is 0.0719 e. The molecule has 0 unspecified atom stereocenters. The Hall–Kier alpha value is -2.64. The summed E-state index contributed by atoms with van der Waals surface area (Å²) in [6.45, 7) is 0.